The minimum atomic E-state index is 0.341. The molecule has 0 aliphatic rings. The van der Waals surface area contributed by atoms with Crippen LogP contribution in [0.3, 0.4) is 0 Å². The first-order valence-corrected chi connectivity index (χ1v) is 7.06. The Balaban J connectivity index is 1.95. The molecule has 0 fully saturated rings. The van der Waals surface area contributed by atoms with Crippen molar-refractivity contribution in [3.8, 4) is 0 Å². The number of benzene rings is 1. The maximum absolute atomic E-state index is 4.38. The Bertz CT molecular complexity index is 499. The van der Waals surface area contributed by atoms with E-state index < -0.39 is 0 Å². The van der Waals surface area contributed by atoms with Crippen LogP contribution >= 0.6 is 0 Å². The van der Waals surface area contributed by atoms with Crippen LogP contribution < -0.4 is 5.32 Å². The molecule has 102 valence electrons. The topological polar surface area (TPSA) is 29.9 Å². The lowest BCUT2D eigenvalue weighted by Gasteiger charge is -2.15. The molecular weight excluding hydrogens is 234 g/mol. The average molecular weight is 257 g/mol. The van der Waals surface area contributed by atoms with Crippen molar-refractivity contribution in [2.24, 2.45) is 0 Å². The van der Waals surface area contributed by atoms with Gasteiger partial charge in [0.25, 0.3) is 0 Å². The van der Waals surface area contributed by atoms with Gasteiger partial charge in [-0.05, 0) is 31.4 Å². The van der Waals surface area contributed by atoms with Gasteiger partial charge in [-0.1, -0.05) is 31.2 Å². The van der Waals surface area contributed by atoms with E-state index in [1.165, 1.54) is 11.1 Å². The largest absolute Gasteiger partial charge is 0.334 e. The number of imidazole rings is 1. The summed E-state index contributed by atoms with van der Waals surface area (Å²) in [5.41, 5.74) is 2.71. The van der Waals surface area contributed by atoms with Crippen LogP contribution in [0.2, 0.25) is 0 Å². The van der Waals surface area contributed by atoms with E-state index in [-0.39, 0.29) is 0 Å². The van der Waals surface area contributed by atoms with Gasteiger partial charge in [0, 0.05) is 25.0 Å². The molecule has 0 saturated carbocycles. The van der Waals surface area contributed by atoms with E-state index in [0.717, 1.165) is 25.3 Å². The summed E-state index contributed by atoms with van der Waals surface area (Å²) in [7, 11) is 0. The van der Waals surface area contributed by atoms with Gasteiger partial charge in [0.1, 0.15) is 5.82 Å². The van der Waals surface area contributed by atoms with Gasteiger partial charge >= 0.3 is 0 Å². The molecule has 1 aromatic carbocycles. The summed E-state index contributed by atoms with van der Waals surface area (Å²) in [6.07, 6.45) is 4.98. The first-order valence-electron chi connectivity index (χ1n) is 7.06. The SMILES string of the molecule is CCc1ccc(C(C)NCc2nccn2CC)cc1. The Morgan fingerprint density at radius 2 is 1.95 bits per heavy atom. The fourth-order valence-electron chi connectivity index (χ4n) is 2.20. The van der Waals surface area contributed by atoms with Crippen LogP contribution in [0.1, 0.15) is 43.8 Å². The summed E-state index contributed by atoms with van der Waals surface area (Å²) in [6, 6.07) is 9.18. The summed E-state index contributed by atoms with van der Waals surface area (Å²) in [5.74, 6) is 1.10. The smallest absolute Gasteiger partial charge is 0.122 e. The standard InChI is InChI=1S/C16H23N3/c1-4-14-6-8-15(9-7-14)13(3)18-12-16-17-10-11-19(16)5-2/h6-11,13,18H,4-5,12H2,1-3H3. The third-order valence-corrected chi connectivity index (χ3v) is 3.60. The first kappa shape index (κ1) is 13.8. The van der Waals surface area contributed by atoms with Crippen LogP contribution in [0.5, 0.6) is 0 Å². The van der Waals surface area contributed by atoms with E-state index in [1.807, 2.05) is 12.4 Å². The number of nitrogens with one attached hydrogen (secondary N) is 1. The van der Waals surface area contributed by atoms with Crippen LogP contribution in [-0.2, 0) is 19.5 Å². The Labute approximate surface area is 115 Å². The molecule has 3 heteroatoms. The molecule has 0 amide bonds. The lowest BCUT2D eigenvalue weighted by molar-refractivity contribution is 0.540. The van der Waals surface area contributed by atoms with E-state index in [9.17, 15) is 0 Å². The number of aromatic nitrogens is 2. The summed E-state index contributed by atoms with van der Waals surface area (Å²) >= 11 is 0. The van der Waals surface area contributed by atoms with Crippen molar-refractivity contribution < 1.29 is 0 Å². The number of hydrogen-bond donors (Lipinski definition) is 1. The third kappa shape index (κ3) is 3.44. The normalized spacial score (nSPS) is 12.6. The highest BCUT2D eigenvalue weighted by Crippen LogP contribution is 2.14. The molecule has 1 unspecified atom stereocenters. The summed E-state index contributed by atoms with van der Waals surface area (Å²) in [4.78, 5) is 4.38. The lowest BCUT2D eigenvalue weighted by Crippen LogP contribution is -2.20. The zero-order chi connectivity index (χ0) is 13.7. The zero-order valence-corrected chi connectivity index (χ0v) is 12.1. The second kappa shape index (κ2) is 6.53. The first-order chi connectivity index (χ1) is 9.24. The highest BCUT2D eigenvalue weighted by Gasteiger charge is 2.07. The zero-order valence-electron chi connectivity index (χ0n) is 12.1. The summed E-state index contributed by atoms with van der Waals surface area (Å²) in [6.45, 7) is 8.29. The highest BCUT2D eigenvalue weighted by molar-refractivity contribution is 5.24. The minimum Gasteiger partial charge on any atom is -0.334 e. The number of nitrogens with zero attached hydrogens (tertiary/aromatic N) is 2. The fraction of sp³-hybridized carbons (Fsp3) is 0.438. The Hall–Kier alpha value is -1.61. The molecule has 19 heavy (non-hydrogen) atoms. The molecule has 1 aromatic heterocycles. The van der Waals surface area contributed by atoms with E-state index in [0.29, 0.717) is 6.04 Å². The van der Waals surface area contributed by atoms with Gasteiger partial charge in [-0.15, -0.1) is 0 Å². The van der Waals surface area contributed by atoms with Crippen LogP contribution in [0.25, 0.3) is 0 Å². The van der Waals surface area contributed by atoms with Crippen molar-refractivity contribution in [1.29, 1.82) is 0 Å². The van der Waals surface area contributed by atoms with Gasteiger partial charge in [-0.3, -0.25) is 0 Å². The third-order valence-electron chi connectivity index (χ3n) is 3.60. The van der Waals surface area contributed by atoms with Crippen molar-refractivity contribution in [2.75, 3.05) is 0 Å². The monoisotopic (exact) mass is 257 g/mol. The van der Waals surface area contributed by atoms with E-state index >= 15 is 0 Å². The molecule has 0 bridgehead atoms. The molecule has 2 rings (SSSR count). The van der Waals surface area contributed by atoms with Crippen molar-refractivity contribution in [3.63, 3.8) is 0 Å². The molecule has 1 atom stereocenters. The van der Waals surface area contributed by atoms with Crippen molar-refractivity contribution in [3.05, 3.63) is 53.6 Å². The van der Waals surface area contributed by atoms with E-state index in [4.69, 9.17) is 0 Å². The minimum absolute atomic E-state index is 0.341. The number of rotatable bonds is 6. The molecule has 1 heterocycles. The van der Waals surface area contributed by atoms with Crippen LogP contribution in [-0.4, -0.2) is 9.55 Å². The maximum Gasteiger partial charge on any atom is 0.122 e. The molecular formula is C16H23N3. The molecule has 0 aliphatic heterocycles. The second-order valence-electron chi connectivity index (χ2n) is 4.83. The van der Waals surface area contributed by atoms with Crippen LogP contribution in [0.15, 0.2) is 36.7 Å². The Morgan fingerprint density at radius 1 is 1.21 bits per heavy atom. The Morgan fingerprint density at radius 3 is 2.58 bits per heavy atom. The highest BCUT2D eigenvalue weighted by atomic mass is 15.1. The van der Waals surface area contributed by atoms with Gasteiger partial charge in [0.05, 0.1) is 6.54 Å². The predicted octanol–water partition coefficient (Wildman–Crippen LogP) is 3.32. The molecule has 0 aliphatic carbocycles. The van der Waals surface area contributed by atoms with Gasteiger partial charge in [0.2, 0.25) is 0 Å². The van der Waals surface area contributed by atoms with E-state index in [2.05, 4.69) is 59.9 Å². The lowest BCUT2D eigenvalue weighted by atomic mass is 10.1. The number of hydrogen-bond acceptors (Lipinski definition) is 2. The molecule has 2 aromatic rings. The van der Waals surface area contributed by atoms with Crippen LogP contribution in [0, 0.1) is 0 Å². The fourth-order valence-corrected chi connectivity index (χ4v) is 2.20. The van der Waals surface area contributed by atoms with Crippen LogP contribution in [0.4, 0.5) is 0 Å². The molecule has 0 spiro atoms. The van der Waals surface area contributed by atoms with Crippen molar-refractivity contribution >= 4 is 0 Å². The van der Waals surface area contributed by atoms with Crippen molar-refractivity contribution in [1.82, 2.24) is 14.9 Å². The predicted molar refractivity (Wildman–Crippen MR) is 79.0 cm³/mol. The summed E-state index contributed by atoms with van der Waals surface area (Å²) in [5, 5.41) is 3.53. The van der Waals surface area contributed by atoms with Gasteiger partial charge in [-0.2, -0.15) is 0 Å². The molecule has 0 radical (unpaired) electrons. The van der Waals surface area contributed by atoms with Gasteiger partial charge in [0.15, 0.2) is 0 Å². The molecule has 0 saturated heterocycles. The molecule has 3 nitrogen and oxygen atoms in total. The van der Waals surface area contributed by atoms with Crippen molar-refractivity contribution in [2.45, 2.75) is 46.3 Å². The summed E-state index contributed by atoms with van der Waals surface area (Å²) < 4.78 is 2.17. The quantitative estimate of drug-likeness (QED) is 0.860. The molecule has 1 N–H and O–H groups in total. The average Bonchev–Trinajstić information content (AvgIpc) is 2.92. The number of aryl methyl sites for hydroxylation is 2. The Kier molecular flexibility index (Phi) is 4.74. The van der Waals surface area contributed by atoms with Gasteiger partial charge in [-0.25, -0.2) is 4.98 Å². The van der Waals surface area contributed by atoms with Gasteiger partial charge < -0.3 is 9.88 Å². The maximum atomic E-state index is 4.38. The van der Waals surface area contributed by atoms with E-state index in [1.54, 1.807) is 0 Å². The second-order valence-corrected chi connectivity index (χ2v) is 4.83.